The Balaban J connectivity index is 1.65. The summed E-state index contributed by atoms with van der Waals surface area (Å²) in [4.78, 5) is 13.7. The van der Waals surface area contributed by atoms with Crippen molar-refractivity contribution >= 4 is 39.9 Å². The molecule has 1 amide bonds. The summed E-state index contributed by atoms with van der Waals surface area (Å²) in [7, 11) is 1.65. The number of rotatable bonds is 5. The first-order valence-corrected chi connectivity index (χ1v) is 11.1. The summed E-state index contributed by atoms with van der Waals surface area (Å²) in [6.45, 7) is 1.94. The maximum atomic E-state index is 12.6. The lowest BCUT2D eigenvalue weighted by Gasteiger charge is -2.11. The van der Waals surface area contributed by atoms with E-state index in [1.807, 2.05) is 43.5 Å². The number of carbonyl (C=O) groups excluding carboxylic acids is 1. The molecule has 1 aliphatic rings. The van der Waals surface area contributed by atoms with Crippen LogP contribution in [0, 0.1) is 0 Å². The highest BCUT2D eigenvalue weighted by Gasteiger charge is 2.20. The van der Waals surface area contributed by atoms with Gasteiger partial charge in [0.1, 0.15) is 17.1 Å². The molecule has 0 saturated heterocycles. The first-order chi connectivity index (χ1) is 14.1. The zero-order valence-electron chi connectivity index (χ0n) is 17.0. The number of ether oxygens (including phenoxy) is 1. The minimum atomic E-state index is -0.155. The largest absolute Gasteiger partial charge is 0.496 e. The summed E-state index contributed by atoms with van der Waals surface area (Å²) in [5.74, 6) is 1.66. The molecule has 29 heavy (non-hydrogen) atoms. The van der Waals surface area contributed by atoms with Gasteiger partial charge in [0, 0.05) is 45.7 Å². The highest BCUT2D eigenvalue weighted by Crippen LogP contribution is 2.37. The predicted octanol–water partition coefficient (Wildman–Crippen LogP) is 6.08. The van der Waals surface area contributed by atoms with Crippen LogP contribution in [0.3, 0.4) is 0 Å². The van der Waals surface area contributed by atoms with E-state index in [4.69, 9.17) is 9.15 Å². The summed E-state index contributed by atoms with van der Waals surface area (Å²) < 4.78 is 11.7. The Labute approximate surface area is 175 Å². The van der Waals surface area contributed by atoms with E-state index in [1.165, 1.54) is 18.4 Å². The SMILES string of the molecule is COc1cc2oc3c(c2cc1/C(C)=C/C(=O)Nc1cccc(SC)c1)CCCC3. The van der Waals surface area contributed by atoms with E-state index in [9.17, 15) is 4.79 Å². The molecule has 0 spiro atoms. The fourth-order valence-corrected chi connectivity index (χ4v) is 4.38. The molecule has 0 saturated carbocycles. The summed E-state index contributed by atoms with van der Waals surface area (Å²) in [6.07, 6.45) is 8.05. The van der Waals surface area contributed by atoms with E-state index in [-0.39, 0.29) is 5.91 Å². The number of amides is 1. The molecular formula is C24H25NO3S. The van der Waals surface area contributed by atoms with Crippen molar-refractivity contribution in [2.45, 2.75) is 37.5 Å². The van der Waals surface area contributed by atoms with E-state index in [0.717, 1.165) is 57.0 Å². The molecule has 0 aliphatic heterocycles. The number of fused-ring (bicyclic) bond motifs is 3. The number of hydrogen-bond donors (Lipinski definition) is 1. The van der Waals surface area contributed by atoms with Crippen molar-refractivity contribution in [1.29, 1.82) is 0 Å². The molecule has 3 aromatic rings. The average molecular weight is 408 g/mol. The fourth-order valence-electron chi connectivity index (χ4n) is 3.92. The van der Waals surface area contributed by atoms with Crippen LogP contribution in [0.2, 0.25) is 0 Å². The van der Waals surface area contributed by atoms with Gasteiger partial charge in [-0.2, -0.15) is 0 Å². The molecule has 1 aromatic heterocycles. The number of methoxy groups -OCH3 is 1. The van der Waals surface area contributed by atoms with Gasteiger partial charge < -0.3 is 14.5 Å². The molecule has 2 aromatic carbocycles. The quantitative estimate of drug-likeness (QED) is 0.411. The third kappa shape index (κ3) is 4.06. The van der Waals surface area contributed by atoms with Crippen LogP contribution in [0.1, 0.15) is 36.7 Å². The smallest absolute Gasteiger partial charge is 0.248 e. The number of furan rings is 1. The Morgan fingerprint density at radius 3 is 2.83 bits per heavy atom. The van der Waals surface area contributed by atoms with Crippen LogP contribution in [-0.4, -0.2) is 19.3 Å². The normalized spacial score (nSPS) is 14.0. The third-order valence-corrected chi connectivity index (χ3v) is 6.11. The topological polar surface area (TPSA) is 51.5 Å². The maximum Gasteiger partial charge on any atom is 0.248 e. The van der Waals surface area contributed by atoms with E-state index >= 15 is 0 Å². The number of hydrogen-bond acceptors (Lipinski definition) is 4. The van der Waals surface area contributed by atoms with Gasteiger partial charge in [-0.05, 0) is 62.3 Å². The van der Waals surface area contributed by atoms with Crippen LogP contribution >= 0.6 is 11.8 Å². The van der Waals surface area contributed by atoms with Crippen molar-refractivity contribution in [3.05, 3.63) is 59.4 Å². The van der Waals surface area contributed by atoms with Gasteiger partial charge in [0.2, 0.25) is 5.91 Å². The van der Waals surface area contributed by atoms with E-state index in [0.29, 0.717) is 0 Å². The minimum Gasteiger partial charge on any atom is -0.496 e. The Bertz CT molecular complexity index is 1100. The minimum absolute atomic E-state index is 0.155. The average Bonchev–Trinajstić information content (AvgIpc) is 3.10. The lowest BCUT2D eigenvalue weighted by molar-refractivity contribution is -0.111. The van der Waals surface area contributed by atoms with Gasteiger partial charge in [-0.3, -0.25) is 4.79 Å². The zero-order chi connectivity index (χ0) is 20.4. The zero-order valence-corrected chi connectivity index (χ0v) is 17.8. The number of aryl methyl sites for hydroxylation is 2. The van der Waals surface area contributed by atoms with Crippen molar-refractivity contribution in [3.8, 4) is 5.75 Å². The van der Waals surface area contributed by atoms with Gasteiger partial charge in [-0.15, -0.1) is 11.8 Å². The Kier molecular flexibility index (Phi) is 5.67. The fraction of sp³-hybridized carbons (Fsp3) is 0.292. The van der Waals surface area contributed by atoms with E-state index in [1.54, 1.807) is 24.9 Å². The lowest BCUT2D eigenvalue weighted by Crippen LogP contribution is -2.08. The molecular weight excluding hydrogens is 382 g/mol. The highest BCUT2D eigenvalue weighted by molar-refractivity contribution is 7.98. The van der Waals surface area contributed by atoms with E-state index < -0.39 is 0 Å². The predicted molar refractivity (Wildman–Crippen MR) is 120 cm³/mol. The van der Waals surface area contributed by atoms with Gasteiger partial charge in [0.15, 0.2) is 0 Å². The monoisotopic (exact) mass is 407 g/mol. The Morgan fingerprint density at radius 2 is 2.03 bits per heavy atom. The Hall–Kier alpha value is -2.66. The van der Waals surface area contributed by atoms with Gasteiger partial charge >= 0.3 is 0 Å². The van der Waals surface area contributed by atoms with Gasteiger partial charge in [-0.1, -0.05) is 6.07 Å². The third-order valence-electron chi connectivity index (χ3n) is 5.39. The Morgan fingerprint density at radius 1 is 1.21 bits per heavy atom. The van der Waals surface area contributed by atoms with Crippen LogP contribution in [-0.2, 0) is 17.6 Å². The molecule has 0 atom stereocenters. The molecule has 0 fully saturated rings. The van der Waals surface area contributed by atoms with Crippen molar-refractivity contribution in [2.75, 3.05) is 18.7 Å². The highest BCUT2D eigenvalue weighted by atomic mass is 32.2. The summed E-state index contributed by atoms with van der Waals surface area (Å²) in [5, 5.41) is 4.08. The molecule has 5 heteroatoms. The molecule has 1 N–H and O–H groups in total. The number of allylic oxidation sites excluding steroid dienone is 1. The summed E-state index contributed by atoms with van der Waals surface area (Å²) in [5.41, 5.74) is 4.73. The molecule has 150 valence electrons. The number of carbonyl (C=O) groups is 1. The van der Waals surface area contributed by atoms with E-state index in [2.05, 4.69) is 11.4 Å². The molecule has 4 rings (SSSR count). The lowest BCUT2D eigenvalue weighted by atomic mass is 9.94. The molecule has 0 radical (unpaired) electrons. The van der Waals surface area contributed by atoms with Gasteiger partial charge in [-0.25, -0.2) is 0 Å². The second kappa shape index (κ2) is 8.37. The van der Waals surface area contributed by atoms with Crippen LogP contribution in [0.15, 0.2) is 51.8 Å². The standard InChI is InChI=1S/C24H25NO3S/c1-15(11-24(26)25-16-7-6-8-17(12-16)29-3)19-13-20-18-9-4-5-10-21(18)28-23(20)14-22(19)27-2/h6-8,11-14H,4-5,9-10H2,1-3H3,(H,25,26)/b15-11+. The second-order valence-corrected chi connectivity index (χ2v) is 8.19. The first-order valence-electron chi connectivity index (χ1n) is 9.85. The summed E-state index contributed by atoms with van der Waals surface area (Å²) in [6, 6.07) is 11.9. The molecule has 4 nitrogen and oxygen atoms in total. The first kappa shape index (κ1) is 19.6. The van der Waals surface area contributed by atoms with Crippen LogP contribution in [0.5, 0.6) is 5.75 Å². The van der Waals surface area contributed by atoms with Crippen LogP contribution < -0.4 is 10.1 Å². The van der Waals surface area contributed by atoms with Crippen molar-refractivity contribution in [1.82, 2.24) is 0 Å². The number of benzene rings is 2. The van der Waals surface area contributed by atoms with Crippen LogP contribution in [0.4, 0.5) is 5.69 Å². The van der Waals surface area contributed by atoms with Crippen molar-refractivity contribution in [3.63, 3.8) is 0 Å². The molecule has 0 bridgehead atoms. The van der Waals surface area contributed by atoms with Crippen molar-refractivity contribution in [2.24, 2.45) is 0 Å². The maximum absolute atomic E-state index is 12.6. The number of thioether (sulfide) groups is 1. The van der Waals surface area contributed by atoms with Gasteiger partial charge in [0.25, 0.3) is 0 Å². The molecule has 1 aliphatic carbocycles. The van der Waals surface area contributed by atoms with Crippen LogP contribution in [0.25, 0.3) is 16.5 Å². The van der Waals surface area contributed by atoms with Gasteiger partial charge in [0.05, 0.1) is 7.11 Å². The number of nitrogens with one attached hydrogen (secondary N) is 1. The van der Waals surface area contributed by atoms with Crippen molar-refractivity contribution < 1.29 is 13.9 Å². The second-order valence-electron chi connectivity index (χ2n) is 7.31. The molecule has 1 heterocycles. The molecule has 0 unspecified atom stereocenters. The summed E-state index contributed by atoms with van der Waals surface area (Å²) >= 11 is 1.65. The number of anilines is 1.